The topological polar surface area (TPSA) is 0 Å². The van der Waals surface area contributed by atoms with E-state index in [1.807, 2.05) is 0 Å². The summed E-state index contributed by atoms with van der Waals surface area (Å²) in [7, 11) is 0. The molecule has 0 aliphatic carbocycles. The van der Waals surface area contributed by atoms with Crippen molar-refractivity contribution < 1.29 is 0 Å². The number of benzene rings is 11. The summed E-state index contributed by atoms with van der Waals surface area (Å²) in [6.07, 6.45) is 0. The summed E-state index contributed by atoms with van der Waals surface area (Å²) in [6.45, 7) is 0. The Morgan fingerprint density at radius 1 is 0.185 bits per heavy atom. The molecule has 0 heterocycles. The van der Waals surface area contributed by atoms with Crippen molar-refractivity contribution in [2.75, 3.05) is 0 Å². The second kappa shape index (κ2) is 12.3. The molecule has 0 aromatic heterocycles. The Hall–Kier alpha value is -7.02. The molecule has 0 saturated heterocycles. The summed E-state index contributed by atoms with van der Waals surface area (Å²) in [5.74, 6) is 0. The molecule has 11 aromatic rings. The lowest BCUT2D eigenvalue weighted by Crippen LogP contribution is -1.90. The zero-order chi connectivity index (χ0) is 35.6. The van der Waals surface area contributed by atoms with Gasteiger partial charge in [0.05, 0.1) is 0 Å². The standard InChI is InChI=1S/C54H34/c1-3-12-39-30-42(26-24-35(39)10-1)37-20-22-38(23-21-37)44-28-29-50-52(33-44)46-16-5-6-17-47(46)53-34-51(48-18-7-8-19-49(48)54(50)53)45-15-9-14-41(32-45)43-27-25-36-11-2-4-13-40(36)31-43/h1-34H. The summed E-state index contributed by atoms with van der Waals surface area (Å²) < 4.78 is 0. The number of hydrogen-bond acceptors (Lipinski definition) is 0. The number of hydrogen-bond donors (Lipinski definition) is 0. The average molecular weight is 683 g/mol. The van der Waals surface area contributed by atoms with Gasteiger partial charge >= 0.3 is 0 Å². The van der Waals surface area contributed by atoms with Crippen molar-refractivity contribution in [1.82, 2.24) is 0 Å². The normalized spacial score (nSPS) is 11.7. The first kappa shape index (κ1) is 30.6. The van der Waals surface area contributed by atoms with Gasteiger partial charge in [0, 0.05) is 0 Å². The van der Waals surface area contributed by atoms with E-state index in [-0.39, 0.29) is 0 Å². The minimum atomic E-state index is 1.22. The van der Waals surface area contributed by atoms with Crippen LogP contribution in [0.15, 0.2) is 206 Å². The Morgan fingerprint density at radius 2 is 0.630 bits per heavy atom. The molecule has 0 radical (unpaired) electrons. The first-order valence-corrected chi connectivity index (χ1v) is 18.7. The third-order valence-electron chi connectivity index (χ3n) is 11.4. The summed E-state index contributed by atoms with van der Waals surface area (Å²) in [4.78, 5) is 0. The van der Waals surface area contributed by atoms with E-state index in [2.05, 4.69) is 206 Å². The van der Waals surface area contributed by atoms with E-state index >= 15 is 0 Å². The minimum Gasteiger partial charge on any atom is -0.0616 e. The van der Waals surface area contributed by atoms with Crippen LogP contribution in [0.25, 0.3) is 109 Å². The van der Waals surface area contributed by atoms with Crippen molar-refractivity contribution >= 4 is 64.6 Å². The second-order valence-corrected chi connectivity index (χ2v) is 14.5. The highest BCUT2D eigenvalue weighted by Gasteiger charge is 2.16. The van der Waals surface area contributed by atoms with Gasteiger partial charge in [0.2, 0.25) is 0 Å². The van der Waals surface area contributed by atoms with Gasteiger partial charge in [0.25, 0.3) is 0 Å². The van der Waals surface area contributed by atoms with E-state index in [9.17, 15) is 0 Å². The van der Waals surface area contributed by atoms with Crippen LogP contribution in [-0.4, -0.2) is 0 Å². The number of rotatable bonds is 4. The molecule has 0 heteroatoms. The molecule has 0 spiro atoms. The van der Waals surface area contributed by atoms with Gasteiger partial charge < -0.3 is 0 Å². The first-order chi connectivity index (χ1) is 26.7. The lowest BCUT2D eigenvalue weighted by Gasteiger charge is -2.17. The summed E-state index contributed by atoms with van der Waals surface area (Å²) in [6, 6.07) is 76.1. The highest BCUT2D eigenvalue weighted by Crippen LogP contribution is 2.44. The molecule has 54 heavy (non-hydrogen) atoms. The molecule has 0 saturated carbocycles. The molecule has 0 unspecified atom stereocenters. The van der Waals surface area contributed by atoms with Crippen LogP contribution in [0.2, 0.25) is 0 Å². The van der Waals surface area contributed by atoms with Crippen LogP contribution in [0, 0.1) is 0 Å². The van der Waals surface area contributed by atoms with E-state index in [0.717, 1.165) is 0 Å². The molecule has 250 valence electrons. The third kappa shape index (κ3) is 4.99. The molecular formula is C54H34. The first-order valence-electron chi connectivity index (χ1n) is 18.7. The van der Waals surface area contributed by atoms with Gasteiger partial charge in [-0.25, -0.2) is 0 Å². The zero-order valence-corrected chi connectivity index (χ0v) is 29.6. The van der Waals surface area contributed by atoms with Gasteiger partial charge in [0.1, 0.15) is 0 Å². The van der Waals surface area contributed by atoms with Crippen LogP contribution >= 0.6 is 0 Å². The molecule has 0 aliphatic heterocycles. The van der Waals surface area contributed by atoms with Crippen LogP contribution in [0.5, 0.6) is 0 Å². The molecule has 0 N–H and O–H groups in total. The monoisotopic (exact) mass is 682 g/mol. The predicted octanol–water partition coefficient (Wildman–Crippen LogP) is 15.3. The van der Waals surface area contributed by atoms with Gasteiger partial charge in [-0.05, 0) is 139 Å². The summed E-state index contributed by atoms with van der Waals surface area (Å²) in [5.41, 5.74) is 9.86. The highest BCUT2D eigenvalue weighted by atomic mass is 14.2. The van der Waals surface area contributed by atoms with Crippen molar-refractivity contribution in [2.24, 2.45) is 0 Å². The van der Waals surface area contributed by atoms with Gasteiger partial charge in [-0.2, -0.15) is 0 Å². The Kier molecular flexibility index (Phi) is 6.97. The Morgan fingerprint density at radius 3 is 1.30 bits per heavy atom. The highest BCUT2D eigenvalue weighted by molar-refractivity contribution is 6.33. The van der Waals surface area contributed by atoms with Gasteiger partial charge in [-0.3, -0.25) is 0 Å². The largest absolute Gasteiger partial charge is 0.0616 e. The van der Waals surface area contributed by atoms with E-state index < -0.39 is 0 Å². The fourth-order valence-corrected chi connectivity index (χ4v) is 8.69. The second-order valence-electron chi connectivity index (χ2n) is 14.5. The zero-order valence-electron chi connectivity index (χ0n) is 29.6. The summed E-state index contributed by atoms with van der Waals surface area (Å²) >= 11 is 0. The lowest BCUT2D eigenvalue weighted by atomic mass is 9.86. The van der Waals surface area contributed by atoms with Crippen molar-refractivity contribution in [2.45, 2.75) is 0 Å². The molecule has 11 rings (SSSR count). The van der Waals surface area contributed by atoms with Crippen LogP contribution in [0.3, 0.4) is 0 Å². The van der Waals surface area contributed by atoms with E-state index in [4.69, 9.17) is 0 Å². The van der Waals surface area contributed by atoms with Crippen molar-refractivity contribution in [3.05, 3.63) is 206 Å². The van der Waals surface area contributed by atoms with E-state index in [1.54, 1.807) is 0 Å². The van der Waals surface area contributed by atoms with Gasteiger partial charge in [-0.15, -0.1) is 0 Å². The van der Waals surface area contributed by atoms with Crippen LogP contribution in [0.1, 0.15) is 0 Å². The van der Waals surface area contributed by atoms with Gasteiger partial charge in [0.15, 0.2) is 0 Å². The Bertz CT molecular complexity index is 3260. The minimum absolute atomic E-state index is 1.22. The van der Waals surface area contributed by atoms with Crippen molar-refractivity contribution in [3.8, 4) is 44.5 Å². The number of fused-ring (bicyclic) bond motifs is 10. The quantitative estimate of drug-likeness (QED) is 0.162. The Labute approximate surface area is 314 Å². The predicted molar refractivity (Wildman–Crippen MR) is 233 cm³/mol. The Balaban J connectivity index is 1.06. The van der Waals surface area contributed by atoms with E-state index in [1.165, 1.54) is 109 Å². The maximum atomic E-state index is 2.44. The van der Waals surface area contributed by atoms with Crippen LogP contribution in [0.4, 0.5) is 0 Å². The van der Waals surface area contributed by atoms with Crippen molar-refractivity contribution in [3.63, 3.8) is 0 Å². The fourth-order valence-electron chi connectivity index (χ4n) is 8.69. The molecule has 0 amide bonds. The third-order valence-corrected chi connectivity index (χ3v) is 11.4. The van der Waals surface area contributed by atoms with Crippen LogP contribution < -0.4 is 0 Å². The summed E-state index contributed by atoms with van der Waals surface area (Å²) in [5, 5.41) is 15.3. The average Bonchev–Trinajstić information content (AvgIpc) is 3.25. The van der Waals surface area contributed by atoms with Crippen LogP contribution in [-0.2, 0) is 0 Å². The van der Waals surface area contributed by atoms with E-state index in [0.29, 0.717) is 0 Å². The molecule has 0 atom stereocenters. The molecule has 0 aliphatic rings. The van der Waals surface area contributed by atoms with Gasteiger partial charge in [-0.1, -0.05) is 176 Å². The molecule has 0 bridgehead atoms. The lowest BCUT2D eigenvalue weighted by molar-refractivity contribution is 1.62. The molecule has 0 fully saturated rings. The molecule has 11 aromatic carbocycles. The maximum absolute atomic E-state index is 2.44. The van der Waals surface area contributed by atoms with Crippen molar-refractivity contribution in [1.29, 1.82) is 0 Å². The molecule has 0 nitrogen and oxygen atoms in total. The smallest absolute Gasteiger partial charge is 0.00199 e. The SMILES string of the molecule is c1cc(-c2ccc3ccccc3c2)cc(-c2cc3c4ccccc4c4cc(-c5ccc(-c6ccc7ccccc7c6)cc5)ccc4c3c3ccccc23)c1. The fraction of sp³-hybridized carbons (Fsp3) is 0. The maximum Gasteiger partial charge on any atom is -0.00199 e. The molecular weight excluding hydrogens is 649 g/mol.